The molecule has 22 heavy (non-hydrogen) atoms. The van der Waals surface area contributed by atoms with Crippen LogP contribution in [0.5, 0.6) is 0 Å². The maximum Gasteiger partial charge on any atom is 0.271 e. The van der Waals surface area contributed by atoms with E-state index in [1.807, 2.05) is 12.1 Å². The molecule has 0 radical (unpaired) electrons. The molecule has 0 aliphatic heterocycles. The smallest absolute Gasteiger partial charge is 0.271 e. The summed E-state index contributed by atoms with van der Waals surface area (Å²) in [7, 11) is 0. The van der Waals surface area contributed by atoms with Crippen LogP contribution in [0.2, 0.25) is 5.02 Å². The lowest BCUT2D eigenvalue weighted by atomic mass is 10.1. The van der Waals surface area contributed by atoms with Gasteiger partial charge in [-0.3, -0.25) is 4.79 Å². The second-order valence-electron chi connectivity index (χ2n) is 5.38. The first-order valence-corrected chi connectivity index (χ1v) is 7.57. The number of halogens is 1. The van der Waals surface area contributed by atoms with Gasteiger partial charge in [0.25, 0.3) is 5.91 Å². The van der Waals surface area contributed by atoms with Crippen LogP contribution in [0, 0.1) is 5.92 Å². The predicted octanol–water partition coefficient (Wildman–Crippen LogP) is 3.65. The van der Waals surface area contributed by atoms with Crippen LogP contribution in [0.15, 0.2) is 36.4 Å². The van der Waals surface area contributed by atoms with Gasteiger partial charge in [0.1, 0.15) is 0 Å². The third-order valence-corrected chi connectivity index (χ3v) is 3.24. The van der Waals surface area contributed by atoms with E-state index in [-0.39, 0.29) is 5.91 Å². The monoisotopic (exact) mass is 318 g/mol. The van der Waals surface area contributed by atoms with Crippen LogP contribution in [0.25, 0.3) is 0 Å². The molecule has 2 rings (SSSR count). The number of carbonyl (C=O) groups excluding carboxylic acids is 1. The molecule has 0 aliphatic rings. The van der Waals surface area contributed by atoms with Gasteiger partial charge < -0.3 is 10.6 Å². The summed E-state index contributed by atoms with van der Waals surface area (Å²) in [6.45, 7) is 4.87. The zero-order valence-electron chi connectivity index (χ0n) is 12.6. The summed E-state index contributed by atoms with van der Waals surface area (Å²) in [5.74, 6) is 0.902. The Labute approximate surface area is 135 Å². The molecule has 2 N–H and O–H groups in total. The van der Waals surface area contributed by atoms with Crippen molar-refractivity contribution in [2.24, 2.45) is 5.92 Å². The minimum Gasteiger partial charge on any atom is -0.351 e. The number of benzene rings is 1. The van der Waals surface area contributed by atoms with E-state index >= 15 is 0 Å². The van der Waals surface area contributed by atoms with Crippen molar-refractivity contribution < 1.29 is 4.79 Å². The van der Waals surface area contributed by atoms with Gasteiger partial charge in [0.05, 0.1) is 0 Å². The molecule has 116 valence electrons. The van der Waals surface area contributed by atoms with Crippen LogP contribution in [-0.4, -0.2) is 22.6 Å². The Morgan fingerprint density at radius 3 is 2.68 bits per heavy atom. The van der Waals surface area contributed by atoms with Crippen molar-refractivity contribution in [3.63, 3.8) is 0 Å². The van der Waals surface area contributed by atoms with Gasteiger partial charge >= 0.3 is 0 Å². The molecule has 1 amide bonds. The van der Waals surface area contributed by atoms with Crippen molar-refractivity contribution in [1.82, 2.24) is 15.5 Å². The lowest BCUT2D eigenvalue weighted by Gasteiger charge is -2.07. The standard InChI is InChI=1S/C16H19ClN4O/c1-11(2)8-9-18-16(22)14-6-7-15(21-20-14)19-13-5-3-4-12(17)10-13/h3-7,10-11H,8-9H2,1-2H3,(H,18,22)(H,19,21). The lowest BCUT2D eigenvalue weighted by Crippen LogP contribution is -2.26. The summed E-state index contributed by atoms with van der Waals surface area (Å²) in [6, 6.07) is 10.7. The van der Waals surface area contributed by atoms with E-state index in [2.05, 4.69) is 34.7 Å². The second kappa shape index (κ2) is 7.75. The molecule has 2 aromatic rings. The number of aromatic nitrogens is 2. The molecule has 0 bridgehead atoms. The minimum absolute atomic E-state index is 0.206. The summed E-state index contributed by atoms with van der Waals surface area (Å²) in [5.41, 5.74) is 1.12. The van der Waals surface area contributed by atoms with Gasteiger partial charge in [0, 0.05) is 17.3 Å². The normalized spacial score (nSPS) is 10.5. The van der Waals surface area contributed by atoms with Crippen LogP contribution < -0.4 is 10.6 Å². The lowest BCUT2D eigenvalue weighted by molar-refractivity contribution is 0.0946. The molecule has 0 atom stereocenters. The van der Waals surface area contributed by atoms with Crippen molar-refractivity contribution in [2.75, 3.05) is 11.9 Å². The quantitative estimate of drug-likeness (QED) is 0.853. The number of rotatable bonds is 6. The summed E-state index contributed by atoms with van der Waals surface area (Å²) < 4.78 is 0. The molecule has 6 heteroatoms. The summed E-state index contributed by atoms with van der Waals surface area (Å²) in [4.78, 5) is 11.9. The SMILES string of the molecule is CC(C)CCNC(=O)c1ccc(Nc2cccc(Cl)c2)nn1. The third kappa shape index (κ3) is 5.00. The van der Waals surface area contributed by atoms with E-state index in [4.69, 9.17) is 11.6 Å². The highest BCUT2D eigenvalue weighted by molar-refractivity contribution is 6.30. The molecule has 1 heterocycles. The Hall–Kier alpha value is -2.14. The van der Waals surface area contributed by atoms with E-state index in [1.165, 1.54) is 0 Å². The van der Waals surface area contributed by atoms with Crippen molar-refractivity contribution in [3.05, 3.63) is 47.1 Å². The number of nitrogens with one attached hydrogen (secondary N) is 2. The van der Waals surface area contributed by atoms with Crippen LogP contribution >= 0.6 is 11.6 Å². The number of anilines is 2. The van der Waals surface area contributed by atoms with Crippen LogP contribution in [0.1, 0.15) is 30.8 Å². The van der Waals surface area contributed by atoms with E-state index in [1.54, 1.807) is 24.3 Å². The topological polar surface area (TPSA) is 66.9 Å². The van der Waals surface area contributed by atoms with Gasteiger partial charge in [-0.25, -0.2) is 0 Å². The third-order valence-electron chi connectivity index (χ3n) is 3.00. The van der Waals surface area contributed by atoms with Crippen molar-refractivity contribution >= 4 is 29.0 Å². The van der Waals surface area contributed by atoms with Crippen molar-refractivity contribution in [3.8, 4) is 0 Å². The first-order chi connectivity index (χ1) is 10.5. The van der Waals surface area contributed by atoms with Gasteiger partial charge in [0.15, 0.2) is 11.5 Å². The number of hydrogen-bond donors (Lipinski definition) is 2. The molecular weight excluding hydrogens is 300 g/mol. The highest BCUT2D eigenvalue weighted by Gasteiger charge is 2.08. The first-order valence-electron chi connectivity index (χ1n) is 7.19. The maximum atomic E-state index is 11.9. The molecule has 0 aliphatic carbocycles. The number of nitrogens with zero attached hydrogens (tertiary/aromatic N) is 2. The van der Waals surface area contributed by atoms with Gasteiger partial charge in [-0.05, 0) is 42.7 Å². The Balaban J connectivity index is 1.93. The molecule has 1 aromatic heterocycles. The zero-order valence-corrected chi connectivity index (χ0v) is 13.4. The summed E-state index contributed by atoms with van der Waals surface area (Å²) >= 11 is 5.92. The Bertz CT molecular complexity index is 628. The van der Waals surface area contributed by atoms with E-state index in [0.29, 0.717) is 29.0 Å². The van der Waals surface area contributed by atoms with E-state index in [9.17, 15) is 4.79 Å². The zero-order chi connectivity index (χ0) is 15.9. The molecule has 0 saturated heterocycles. The molecule has 0 fully saturated rings. The molecular formula is C16H19ClN4O. The number of amides is 1. The fraction of sp³-hybridized carbons (Fsp3) is 0.312. The van der Waals surface area contributed by atoms with E-state index in [0.717, 1.165) is 12.1 Å². The van der Waals surface area contributed by atoms with Crippen LogP contribution in [-0.2, 0) is 0 Å². The van der Waals surface area contributed by atoms with Crippen LogP contribution in [0.4, 0.5) is 11.5 Å². The van der Waals surface area contributed by atoms with Crippen molar-refractivity contribution in [2.45, 2.75) is 20.3 Å². The maximum absolute atomic E-state index is 11.9. The van der Waals surface area contributed by atoms with Gasteiger partial charge in [0.2, 0.25) is 0 Å². The molecule has 0 saturated carbocycles. The summed E-state index contributed by atoms with van der Waals surface area (Å²) in [5, 5.41) is 14.5. The van der Waals surface area contributed by atoms with E-state index < -0.39 is 0 Å². The highest BCUT2D eigenvalue weighted by Crippen LogP contribution is 2.18. The van der Waals surface area contributed by atoms with Crippen molar-refractivity contribution in [1.29, 1.82) is 0 Å². The first kappa shape index (κ1) is 16.2. The fourth-order valence-electron chi connectivity index (χ4n) is 1.80. The summed E-state index contributed by atoms with van der Waals surface area (Å²) in [6.07, 6.45) is 0.938. The molecule has 0 spiro atoms. The average molecular weight is 319 g/mol. The highest BCUT2D eigenvalue weighted by atomic mass is 35.5. The van der Waals surface area contributed by atoms with Gasteiger partial charge in [-0.15, -0.1) is 10.2 Å². The predicted molar refractivity (Wildman–Crippen MR) is 88.6 cm³/mol. The largest absolute Gasteiger partial charge is 0.351 e. The minimum atomic E-state index is -0.206. The average Bonchev–Trinajstić information content (AvgIpc) is 2.47. The van der Waals surface area contributed by atoms with Gasteiger partial charge in [-0.1, -0.05) is 31.5 Å². The van der Waals surface area contributed by atoms with Crippen LogP contribution in [0.3, 0.4) is 0 Å². The molecule has 1 aromatic carbocycles. The number of carbonyl (C=O) groups is 1. The number of hydrogen-bond acceptors (Lipinski definition) is 4. The Morgan fingerprint density at radius 2 is 2.05 bits per heavy atom. The molecule has 5 nitrogen and oxygen atoms in total. The molecule has 0 unspecified atom stereocenters. The Kier molecular flexibility index (Phi) is 5.72. The van der Waals surface area contributed by atoms with Gasteiger partial charge in [-0.2, -0.15) is 0 Å². The second-order valence-corrected chi connectivity index (χ2v) is 5.81. The fourth-order valence-corrected chi connectivity index (χ4v) is 1.99. The Morgan fingerprint density at radius 1 is 1.23 bits per heavy atom.